The summed E-state index contributed by atoms with van der Waals surface area (Å²) in [6.45, 7) is 2.04. The molecule has 0 unspecified atom stereocenters. The van der Waals surface area contributed by atoms with Crippen LogP contribution in [0.4, 0.5) is 5.82 Å². The minimum absolute atomic E-state index is 0.0663. The molecular formula is C18H20ClN5O2. The largest absolute Gasteiger partial charge is 0.368 e. The highest BCUT2D eigenvalue weighted by molar-refractivity contribution is 6.29. The molecular weight excluding hydrogens is 354 g/mol. The molecule has 1 aromatic heterocycles. The van der Waals surface area contributed by atoms with Gasteiger partial charge < -0.3 is 16.0 Å². The number of carbonyl (C=O) groups excluding carboxylic acids is 2. The number of rotatable bonds is 5. The first-order chi connectivity index (χ1) is 12.5. The Bertz CT molecular complexity index is 791. The highest BCUT2D eigenvalue weighted by atomic mass is 35.5. The van der Waals surface area contributed by atoms with Gasteiger partial charge in [0.05, 0.1) is 5.56 Å². The molecule has 0 atom stereocenters. The zero-order valence-electron chi connectivity index (χ0n) is 14.2. The van der Waals surface area contributed by atoms with Gasteiger partial charge in [-0.25, -0.2) is 0 Å². The number of halogens is 1. The fourth-order valence-electron chi connectivity index (χ4n) is 3.03. The molecule has 8 heteroatoms. The third-order valence-corrected chi connectivity index (χ3v) is 4.69. The average Bonchev–Trinajstić information content (AvgIpc) is 2.67. The van der Waals surface area contributed by atoms with Gasteiger partial charge in [-0.3, -0.25) is 9.59 Å². The van der Waals surface area contributed by atoms with E-state index in [0.29, 0.717) is 36.9 Å². The maximum Gasteiger partial charge on any atom is 0.253 e. The van der Waals surface area contributed by atoms with Crippen LogP contribution in [0.3, 0.4) is 0 Å². The lowest BCUT2D eigenvalue weighted by molar-refractivity contribution is 0.0694. The molecule has 7 nitrogen and oxygen atoms in total. The predicted octanol–water partition coefficient (Wildman–Crippen LogP) is 2.19. The zero-order valence-corrected chi connectivity index (χ0v) is 14.9. The molecule has 136 valence electrons. The maximum atomic E-state index is 12.5. The number of nitrogens with one attached hydrogen (secondary N) is 1. The van der Waals surface area contributed by atoms with Crippen molar-refractivity contribution in [3.05, 3.63) is 52.7 Å². The molecule has 3 rings (SSSR count). The van der Waals surface area contributed by atoms with Gasteiger partial charge in [0.15, 0.2) is 11.0 Å². The van der Waals surface area contributed by atoms with Crippen LogP contribution in [-0.2, 0) is 0 Å². The van der Waals surface area contributed by atoms with Crippen LogP contribution in [-0.4, -0.2) is 46.5 Å². The van der Waals surface area contributed by atoms with Gasteiger partial charge in [-0.15, -0.1) is 10.2 Å². The van der Waals surface area contributed by atoms with E-state index in [1.54, 1.807) is 0 Å². The number of anilines is 1. The second-order valence-corrected chi connectivity index (χ2v) is 6.66. The number of nitrogens with two attached hydrogens (primary N) is 1. The molecule has 3 N–H and O–H groups in total. The topological polar surface area (TPSA) is 101 Å². The van der Waals surface area contributed by atoms with Crippen molar-refractivity contribution in [2.24, 2.45) is 11.7 Å². The Morgan fingerprint density at radius 3 is 2.54 bits per heavy atom. The lowest BCUT2D eigenvalue weighted by Crippen LogP contribution is -2.40. The first-order valence-electron chi connectivity index (χ1n) is 8.46. The van der Waals surface area contributed by atoms with Crippen molar-refractivity contribution in [3.63, 3.8) is 0 Å². The SMILES string of the molecule is NC(=O)c1cc(Cl)nnc1NCC1CCN(C(=O)c2ccccc2)CC1. The molecule has 0 radical (unpaired) electrons. The molecule has 1 aliphatic heterocycles. The lowest BCUT2D eigenvalue weighted by atomic mass is 9.96. The Morgan fingerprint density at radius 2 is 1.88 bits per heavy atom. The van der Waals surface area contributed by atoms with E-state index in [2.05, 4.69) is 15.5 Å². The third kappa shape index (κ3) is 4.29. The summed E-state index contributed by atoms with van der Waals surface area (Å²) in [4.78, 5) is 25.8. The van der Waals surface area contributed by atoms with E-state index >= 15 is 0 Å². The van der Waals surface area contributed by atoms with Crippen LogP contribution < -0.4 is 11.1 Å². The van der Waals surface area contributed by atoms with Gasteiger partial charge in [0.2, 0.25) is 0 Å². The monoisotopic (exact) mass is 373 g/mol. The van der Waals surface area contributed by atoms with Gasteiger partial charge in [0, 0.05) is 25.2 Å². The smallest absolute Gasteiger partial charge is 0.253 e. The lowest BCUT2D eigenvalue weighted by Gasteiger charge is -2.32. The zero-order chi connectivity index (χ0) is 18.5. The van der Waals surface area contributed by atoms with Crippen LogP contribution >= 0.6 is 11.6 Å². The number of amides is 2. The summed E-state index contributed by atoms with van der Waals surface area (Å²) in [5.41, 5.74) is 6.29. The van der Waals surface area contributed by atoms with Crippen molar-refractivity contribution in [1.82, 2.24) is 15.1 Å². The van der Waals surface area contributed by atoms with E-state index in [-0.39, 0.29) is 16.6 Å². The molecule has 2 aromatic rings. The maximum absolute atomic E-state index is 12.5. The summed E-state index contributed by atoms with van der Waals surface area (Å²) < 4.78 is 0. The molecule has 1 aliphatic rings. The quantitative estimate of drug-likeness (QED) is 0.836. The van der Waals surface area contributed by atoms with E-state index in [4.69, 9.17) is 17.3 Å². The highest BCUT2D eigenvalue weighted by Gasteiger charge is 2.24. The Labute approximate surface area is 156 Å². The summed E-state index contributed by atoms with van der Waals surface area (Å²) in [7, 11) is 0. The summed E-state index contributed by atoms with van der Waals surface area (Å²) in [5, 5.41) is 10.9. The molecule has 2 heterocycles. The van der Waals surface area contributed by atoms with E-state index in [1.165, 1.54) is 6.07 Å². The number of likely N-dealkylation sites (tertiary alicyclic amines) is 1. The number of piperidine rings is 1. The van der Waals surface area contributed by atoms with Crippen molar-refractivity contribution in [2.45, 2.75) is 12.8 Å². The van der Waals surface area contributed by atoms with Crippen LogP contribution in [0.15, 0.2) is 36.4 Å². The number of hydrogen-bond donors (Lipinski definition) is 2. The predicted molar refractivity (Wildman–Crippen MR) is 99.1 cm³/mol. The third-order valence-electron chi connectivity index (χ3n) is 4.51. The van der Waals surface area contributed by atoms with Crippen molar-refractivity contribution < 1.29 is 9.59 Å². The number of benzene rings is 1. The normalized spacial score (nSPS) is 14.9. The first kappa shape index (κ1) is 18.1. The molecule has 1 aromatic carbocycles. The van der Waals surface area contributed by atoms with Crippen LogP contribution in [0.25, 0.3) is 0 Å². The summed E-state index contributed by atoms with van der Waals surface area (Å²) in [6, 6.07) is 10.7. The summed E-state index contributed by atoms with van der Waals surface area (Å²) in [5.74, 6) is 0.168. The van der Waals surface area contributed by atoms with Crippen molar-refractivity contribution in [1.29, 1.82) is 0 Å². The molecule has 1 saturated heterocycles. The number of aromatic nitrogens is 2. The van der Waals surface area contributed by atoms with Crippen molar-refractivity contribution in [2.75, 3.05) is 25.0 Å². The van der Waals surface area contributed by atoms with Gasteiger partial charge in [0.1, 0.15) is 0 Å². The van der Waals surface area contributed by atoms with Crippen LogP contribution in [0.5, 0.6) is 0 Å². The van der Waals surface area contributed by atoms with Gasteiger partial charge in [-0.1, -0.05) is 29.8 Å². The molecule has 0 spiro atoms. The van der Waals surface area contributed by atoms with E-state index in [1.807, 2.05) is 35.2 Å². The Kier molecular flexibility index (Phi) is 5.68. The van der Waals surface area contributed by atoms with Crippen molar-refractivity contribution >= 4 is 29.2 Å². The van der Waals surface area contributed by atoms with E-state index < -0.39 is 5.91 Å². The molecule has 0 aliphatic carbocycles. The summed E-state index contributed by atoms with van der Waals surface area (Å²) >= 11 is 5.76. The van der Waals surface area contributed by atoms with Crippen LogP contribution in [0, 0.1) is 5.92 Å². The second kappa shape index (κ2) is 8.14. The fraction of sp³-hybridized carbons (Fsp3) is 0.333. The van der Waals surface area contributed by atoms with E-state index in [9.17, 15) is 9.59 Å². The number of carbonyl (C=O) groups is 2. The Morgan fingerprint density at radius 1 is 1.19 bits per heavy atom. The van der Waals surface area contributed by atoms with E-state index in [0.717, 1.165) is 12.8 Å². The van der Waals surface area contributed by atoms with Gasteiger partial charge >= 0.3 is 0 Å². The fourth-order valence-corrected chi connectivity index (χ4v) is 3.18. The minimum atomic E-state index is -0.604. The molecule has 0 bridgehead atoms. The van der Waals surface area contributed by atoms with Crippen LogP contribution in [0.2, 0.25) is 5.15 Å². The Hall–Kier alpha value is -2.67. The number of primary amides is 1. The summed E-state index contributed by atoms with van der Waals surface area (Å²) in [6.07, 6.45) is 1.75. The molecule has 0 saturated carbocycles. The van der Waals surface area contributed by atoms with Gasteiger partial charge in [-0.2, -0.15) is 0 Å². The molecule has 26 heavy (non-hydrogen) atoms. The number of hydrogen-bond acceptors (Lipinski definition) is 5. The minimum Gasteiger partial charge on any atom is -0.368 e. The van der Waals surface area contributed by atoms with Gasteiger partial charge in [-0.05, 0) is 37.0 Å². The van der Waals surface area contributed by atoms with Crippen molar-refractivity contribution in [3.8, 4) is 0 Å². The first-order valence-corrected chi connectivity index (χ1v) is 8.83. The van der Waals surface area contributed by atoms with Crippen LogP contribution in [0.1, 0.15) is 33.6 Å². The number of nitrogens with zero attached hydrogens (tertiary/aromatic N) is 3. The molecule has 1 fully saturated rings. The Balaban J connectivity index is 1.54. The van der Waals surface area contributed by atoms with Gasteiger partial charge in [0.25, 0.3) is 11.8 Å². The standard InChI is InChI=1S/C18H20ClN5O2/c19-15-10-14(16(20)25)17(23-22-15)21-11-12-6-8-24(9-7-12)18(26)13-4-2-1-3-5-13/h1-5,10,12H,6-9,11H2,(H2,20,25)(H,21,23). The average molecular weight is 374 g/mol. The molecule has 2 amide bonds. The second-order valence-electron chi connectivity index (χ2n) is 6.28. The highest BCUT2D eigenvalue weighted by Crippen LogP contribution is 2.21.